The molecule has 0 heterocycles. The van der Waals surface area contributed by atoms with Gasteiger partial charge in [0.2, 0.25) is 11.8 Å². The number of fused-ring (bicyclic) bond motifs is 1. The van der Waals surface area contributed by atoms with Crippen LogP contribution in [0.3, 0.4) is 0 Å². The van der Waals surface area contributed by atoms with E-state index in [0.29, 0.717) is 19.4 Å². The summed E-state index contributed by atoms with van der Waals surface area (Å²) in [5.74, 6) is -0.0579. The number of hydrogen-bond acceptors (Lipinski definition) is 2. The Labute approximate surface area is 204 Å². The predicted octanol–water partition coefficient (Wildman–Crippen LogP) is 6.01. The monoisotopic (exact) mass is 506 g/mol. The highest BCUT2D eigenvalue weighted by Gasteiger charge is 2.28. The second-order valence-electron chi connectivity index (χ2n) is 8.95. The third-order valence-electron chi connectivity index (χ3n) is 6.62. The van der Waals surface area contributed by atoms with Crippen molar-refractivity contribution in [1.82, 2.24) is 10.2 Å². The molecule has 1 aliphatic carbocycles. The zero-order valence-corrected chi connectivity index (χ0v) is 20.7. The van der Waals surface area contributed by atoms with Crippen LogP contribution < -0.4 is 5.32 Å². The van der Waals surface area contributed by atoms with Gasteiger partial charge >= 0.3 is 0 Å². The number of rotatable bonds is 8. The quantitative estimate of drug-likeness (QED) is 0.406. The molecule has 3 aromatic carbocycles. The first-order valence-corrected chi connectivity index (χ1v) is 12.6. The summed E-state index contributed by atoms with van der Waals surface area (Å²) in [7, 11) is 0. The van der Waals surface area contributed by atoms with Crippen molar-refractivity contribution in [3.8, 4) is 0 Å². The van der Waals surface area contributed by atoms with Crippen LogP contribution in [0.1, 0.15) is 50.2 Å². The maximum absolute atomic E-state index is 13.4. The molecule has 172 valence electrons. The zero-order valence-electron chi connectivity index (χ0n) is 19.1. The molecule has 0 bridgehead atoms. The van der Waals surface area contributed by atoms with Crippen LogP contribution in [0.2, 0.25) is 0 Å². The summed E-state index contributed by atoms with van der Waals surface area (Å²) in [4.78, 5) is 28.2. The number of aryl methyl sites for hydroxylation is 1. The van der Waals surface area contributed by atoms with Crippen LogP contribution in [-0.2, 0) is 22.6 Å². The molecular weight excluding hydrogens is 476 g/mol. The number of carbonyl (C=O) groups excluding carboxylic acids is 2. The lowest BCUT2D eigenvalue weighted by Gasteiger charge is -2.30. The lowest BCUT2D eigenvalue weighted by atomic mass is 10.0. The molecule has 3 aromatic rings. The Hall–Kier alpha value is -2.66. The van der Waals surface area contributed by atoms with Crippen LogP contribution >= 0.6 is 15.9 Å². The van der Waals surface area contributed by atoms with E-state index in [9.17, 15) is 9.59 Å². The van der Waals surface area contributed by atoms with Gasteiger partial charge < -0.3 is 10.2 Å². The summed E-state index contributed by atoms with van der Waals surface area (Å²) in [6.07, 6.45) is 5.39. The van der Waals surface area contributed by atoms with Crippen molar-refractivity contribution < 1.29 is 9.59 Å². The maximum Gasteiger partial charge on any atom is 0.242 e. The summed E-state index contributed by atoms with van der Waals surface area (Å²) in [6.45, 7) is 2.26. The molecule has 4 rings (SSSR count). The van der Waals surface area contributed by atoms with E-state index in [1.807, 2.05) is 49.4 Å². The minimum atomic E-state index is -0.519. The number of nitrogens with one attached hydrogen (secondary N) is 1. The Bertz CT molecular complexity index is 1100. The van der Waals surface area contributed by atoms with E-state index >= 15 is 0 Å². The van der Waals surface area contributed by atoms with Gasteiger partial charge in [-0.25, -0.2) is 0 Å². The van der Waals surface area contributed by atoms with E-state index < -0.39 is 6.04 Å². The molecule has 1 atom stereocenters. The van der Waals surface area contributed by atoms with Crippen LogP contribution in [-0.4, -0.2) is 28.8 Å². The normalized spacial score (nSPS) is 14.8. The van der Waals surface area contributed by atoms with Crippen LogP contribution in [0.15, 0.2) is 71.2 Å². The Morgan fingerprint density at radius 3 is 2.45 bits per heavy atom. The summed E-state index contributed by atoms with van der Waals surface area (Å²) in [5, 5.41) is 5.53. The molecule has 0 spiro atoms. The van der Waals surface area contributed by atoms with Gasteiger partial charge in [-0.3, -0.25) is 9.59 Å². The van der Waals surface area contributed by atoms with Gasteiger partial charge in [0.25, 0.3) is 0 Å². The predicted molar refractivity (Wildman–Crippen MR) is 137 cm³/mol. The first-order chi connectivity index (χ1) is 16.0. The van der Waals surface area contributed by atoms with E-state index in [1.165, 1.54) is 10.8 Å². The average molecular weight is 507 g/mol. The van der Waals surface area contributed by atoms with Gasteiger partial charge in [-0.1, -0.05) is 83.4 Å². The van der Waals surface area contributed by atoms with E-state index in [-0.39, 0.29) is 17.9 Å². The molecule has 1 unspecified atom stereocenters. The maximum atomic E-state index is 13.4. The molecule has 5 heteroatoms. The van der Waals surface area contributed by atoms with Crippen molar-refractivity contribution in [2.45, 2.75) is 64.1 Å². The Morgan fingerprint density at radius 2 is 1.70 bits per heavy atom. The number of carbonyl (C=O) groups is 2. The highest BCUT2D eigenvalue weighted by molar-refractivity contribution is 9.10. The van der Waals surface area contributed by atoms with Gasteiger partial charge in [0.15, 0.2) is 0 Å². The number of halogens is 1. The Morgan fingerprint density at radius 1 is 1.00 bits per heavy atom. The van der Waals surface area contributed by atoms with Crippen molar-refractivity contribution in [1.29, 1.82) is 0 Å². The molecule has 0 saturated heterocycles. The Kier molecular flexibility index (Phi) is 7.81. The van der Waals surface area contributed by atoms with Crippen LogP contribution in [0.5, 0.6) is 0 Å². The SMILES string of the molecule is CC(C(=O)NC1CCCC1)N(Cc1ccc(Br)cc1)C(=O)CCc1cccc2ccccc12. The molecule has 0 aromatic heterocycles. The smallest absolute Gasteiger partial charge is 0.242 e. The van der Waals surface area contributed by atoms with Gasteiger partial charge in [0.05, 0.1) is 0 Å². The Balaban J connectivity index is 1.50. The first kappa shape index (κ1) is 23.5. The third kappa shape index (κ3) is 6.02. The summed E-state index contributed by atoms with van der Waals surface area (Å²) < 4.78 is 0.993. The highest BCUT2D eigenvalue weighted by Crippen LogP contribution is 2.22. The lowest BCUT2D eigenvalue weighted by molar-refractivity contribution is -0.140. The average Bonchev–Trinajstić information content (AvgIpc) is 3.34. The van der Waals surface area contributed by atoms with E-state index in [4.69, 9.17) is 0 Å². The first-order valence-electron chi connectivity index (χ1n) is 11.8. The molecule has 2 amide bonds. The van der Waals surface area contributed by atoms with Crippen molar-refractivity contribution in [2.75, 3.05) is 0 Å². The summed E-state index contributed by atoms with van der Waals surface area (Å²) >= 11 is 3.47. The standard InChI is InChI=1S/C28H31BrN2O2/c1-20(28(33)30-25-10-3-4-11-25)31(19-21-13-16-24(29)17-14-21)27(32)18-15-23-9-6-8-22-7-2-5-12-26(22)23/h2,5-9,12-14,16-17,20,25H,3-4,10-11,15,18-19H2,1H3,(H,30,33). The fraction of sp³-hybridized carbons (Fsp3) is 0.357. The van der Waals surface area contributed by atoms with E-state index in [2.05, 4.69) is 45.5 Å². The minimum absolute atomic E-state index is 0.0000696. The number of benzene rings is 3. The molecule has 1 N–H and O–H groups in total. The third-order valence-corrected chi connectivity index (χ3v) is 7.15. The topological polar surface area (TPSA) is 49.4 Å². The van der Waals surface area contributed by atoms with Gasteiger partial charge in [-0.05, 0) is 60.2 Å². The highest BCUT2D eigenvalue weighted by atomic mass is 79.9. The number of nitrogens with zero attached hydrogens (tertiary/aromatic N) is 1. The largest absolute Gasteiger partial charge is 0.352 e. The van der Waals surface area contributed by atoms with Gasteiger partial charge in [0, 0.05) is 23.5 Å². The molecule has 1 aliphatic rings. The number of hydrogen-bond donors (Lipinski definition) is 1. The lowest BCUT2D eigenvalue weighted by Crippen LogP contribution is -2.49. The molecule has 33 heavy (non-hydrogen) atoms. The number of amides is 2. The molecule has 0 radical (unpaired) electrons. The van der Waals surface area contributed by atoms with Gasteiger partial charge in [-0.15, -0.1) is 0 Å². The van der Waals surface area contributed by atoms with Crippen molar-refractivity contribution >= 4 is 38.5 Å². The minimum Gasteiger partial charge on any atom is -0.352 e. The van der Waals surface area contributed by atoms with Crippen molar-refractivity contribution in [3.63, 3.8) is 0 Å². The molecule has 0 aliphatic heterocycles. The fourth-order valence-corrected chi connectivity index (χ4v) is 4.92. The van der Waals surface area contributed by atoms with E-state index in [0.717, 1.165) is 41.3 Å². The molecule has 1 fully saturated rings. The van der Waals surface area contributed by atoms with Gasteiger partial charge in [-0.2, -0.15) is 0 Å². The van der Waals surface area contributed by atoms with Gasteiger partial charge in [0.1, 0.15) is 6.04 Å². The molecular formula is C28H31BrN2O2. The summed E-state index contributed by atoms with van der Waals surface area (Å²) in [6, 6.07) is 22.1. The fourth-order valence-electron chi connectivity index (χ4n) is 4.66. The van der Waals surface area contributed by atoms with Crippen molar-refractivity contribution in [3.05, 3.63) is 82.3 Å². The van der Waals surface area contributed by atoms with Crippen LogP contribution in [0, 0.1) is 0 Å². The summed E-state index contributed by atoms with van der Waals surface area (Å²) in [5.41, 5.74) is 2.17. The second kappa shape index (κ2) is 11.0. The van der Waals surface area contributed by atoms with E-state index in [1.54, 1.807) is 4.90 Å². The molecule has 4 nitrogen and oxygen atoms in total. The molecule has 1 saturated carbocycles. The second-order valence-corrected chi connectivity index (χ2v) is 9.87. The van der Waals surface area contributed by atoms with Crippen LogP contribution in [0.4, 0.5) is 0 Å². The van der Waals surface area contributed by atoms with Crippen molar-refractivity contribution in [2.24, 2.45) is 0 Å². The zero-order chi connectivity index (χ0) is 23.2. The van der Waals surface area contributed by atoms with Crippen LogP contribution in [0.25, 0.3) is 10.8 Å².